The second kappa shape index (κ2) is 8.00. The highest BCUT2D eigenvalue weighted by atomic mass is 16.6. The van der Waals surface area contributed by atoms with Crippen LogP contribution in [0.5, 0.6) is 0 Å². The molecule has 7 heteroatoms. The van der Waals surface area contributed by atoms with Crippen molar-refractivity contribution in [2.24, 2.45) is 0 Å². The maximum absolute atomic E-state index is 12.0. The van der Waals surface area contributed by atoms with Gasteiger partial charge in [0.2, 0.25) is 11.8 Å². The number of ether oxygens (including phenoxy) is 1. The lowest BCUT2D eigenvalue weighted by Gasteiger charge is -2.19. The van der Waals surface area contributed by atoms with Crippen LogP contribution in [0.3, 0.4) is 0 Å². The van der Waals surface area contributed by atoms with Crippen LogP contribution in [0, 0.1) is 0 Å². The monoisotopic (exact) mass is 347 g/mol. The highest BCUT2D eigenvalue weighted by Gasteiger charge is 2.21. The number of alkyl carbamates (subject to hydrolysis) is 1. The molecular weight excluding hydrogens is 322 g/mol. The normalized spacial score (nSPS) is 14.4. The molecule has 0 radical (unpaired) electrons. The molecule has 1 aliphatic heterocycles. The van der Waals surface area contributed by atoms with Crippen LogP contribution in [0.4, 0.5) is 16.2 Å². The predicted octanol–water partition coefficient (Wildman–Crippen LogP) is 2.67. The minimum atomic E-state index is -0.570. The Hall–Kier alpha value is -2.57. The summed E-state index contributed by atoms with van der Waals surface area (Å²) in [5.74, 6) is -0.119. The number of carbonyl (C=O) groups is 3. The van der Waals surface area contributed by atoms with Crippen LogP contribution in [0.2, 0.25) is 0 Å². The van der Waals surface area contributed by atoms with E-state index >= 15 is 0 Å². The molecular formula is C18H25N3O4. The van der Waals surface area contributed by atoms with Crippen LogP contribution in [-0.4, -0.2) is 36.6 Å². The van der Waals surface area contributed by atoms with E-state index in [1.165, 1.54) is 0 Å². The Morgan fingerprint density at radius 1 is 1.28 bits per heavy atom. The zero-order chi connectivity index (χ0) is 18.4. The number of anilines is 2. The molecule has 1 heterocycles. The van der Waals surface area contributed by atoms with E-state index in [-0.39, 0.29) is 24.8 Å². The molecule has 0 unspecified atom stereocenters. The van der Waals surface area contributed by atoms with Gasteiger partial charge in [0, 0.05) is 37.3 Å². The molecule has 0 saturated carbocycles. The Kier molecular flexibility index (Phi) is 6.01. The van der Waals surface area contributed by atoms with Crippen molar-refractivity contribution in [2.75, 3.05) is 23.3 Å². The van der Waals surface area contributed by atoms with Crippen LogP contribution >= 0.6 is 0 Å². The number of nitrogens with one attached hydrogen (secondary N) is 2. The van der Waals surface area contributed by atoms with Gasteiger partial charge in [-0.1, -0.05) is 6.07 Å². The van der Waals surface area contributed by atoms with Crippen LogP contribution in [0.1, 0.15) is 40.0 Å². The molecule has 1 aromatic carbocycles. The van der Waals surface area contributed by atoms with Crippen molar-refractivity contribution in [1.29, 1.82) is 0 Å². The number of hydrogen-bond donors (Lipinski definition) is 2. The third-order valence-corrected chi connectivity index (χ3v) is 3.54. The fourth-order valence-corrected chi connectivity index (χ4v) is 2.49. The van der Waals surface area contributed by atoms with Gasteiger partial charge >= 0.3 is 6.09 Å². The molecule has 1 aromatic rings. The fraction of sp³-hybridized carbons (Fsp3) is 0.500. The van der Waals surface area contributed by atoms with Crippen molar-refractivity contribution in [3.63, 3.8) is 0 Å². The van der Waals surface area contributed by atoms with E-state index in [0.29, 0.717) is 18.7 Å². The van der Waals surface area contributed by atoms with Gasteiger partial charge < -0.3 is 20.3 Å². The number of nitrogens with zero attached hydrogens (tertiary/aromatic N) is 1. The summed E-state index contributed by atoms with van der Waals surface area (Å²) in [5.41, 5.74) is 0.839. The van der Waals surface area contributed by atoms with Gasteiger partial charge in [-0.3, -0.25) is 9.59 Å². The van der Waals surface area contributed by atoms with E-state index < -0.39 is 11.7 Å². The van der Waals surface area contributed by atoms with Gasteiger partial charge in [0.1, 0.15) is 5.60 Å². The molecule has 0 aromatic heterocycles. The quantitative estimate of drug-likeness (QED) is 0.857. The molecule has 25 heavy (non-hydrogen) atoms. The van der Waals surface area contributed by atoms with E-state index in [4.69, 9.17) is 4.74 Å². The molecule has 1 fully saturated rings. The van der Waals surface area contributed by atoms with Crippen molar-refractivity contribution < 1.29 is 19.1 Å². The van der Waals surface area contributed by atoms with Gasteiger partial charge in [-0.2, -0.15) is 0 Å². The second-order valence-electron chi connectivity index (χ2n) is 6.93. The third-order valence-electron chi connectivity index (χ3n) is 3.54. The molecule has 0 atom stereocenters. The van der Waals surface area contributed by atoms with E-state index in [2.05, 4.69) is 10.6 Å². The van der Waals surface area contributed by atoms with Gasteiger partial charge in [0.25, 0.3) is 0 Å². The lowest BCUT2D eigenvalue weighted by molar-refractivity contribution is -0.117. The summed E-state index contributed by atoms with van der Waals surface area (Å²) in [6.07, 6.45) is 1.000. The van der Waals surface area contributed by atoms with Crippen LogP contribution < -0.4 is 15.5 Å². The second-order valence-corrected chi connectivity index (χ2v) is 6.93. The first kappa shape index (κ1) is 18.8. The molecule has 7 nitrogen and oxygen atoms in total. The van der Waals surface area contributed by atoms with Gasteiger partial charge in [0.15, 0.2) is 0 Å². The predicted molar refractivity (Wildman–Crippen MR) is 95.5 cm³/mol. The maximum Gasteiger partial charge on any atom is 0.407 e. The van der Waals surface area contributed by atoms with Gasteiger partial charge in [-0.25, -0.2) is 4.79 Å². The molecule has 0 spiro atoms. The van der Waals surface area contributed by atoms with Gasteiger partial charge in [0.05, 0.1) is 0 Å². The number of rotatable bonds is 5. The standard InChI is InChI=1S/C18H25N3O4/c1-18(2,3)25-17(24)19-10-9-15(22)20-13-6-4-7-14(12-13)21-11-5-8-16(21)23/h4,6-7,12H,5,8-11H2,1-3H3,(H,19,24)(H,20,22). The number of hydrogen-bond acceptors (Lipinski definition) is 4. The number of carbonyl (C=O) groups excluding carboxylic acids is 3. The Morgan fingerprint density at radius 2 is 2.04 bits per heavy atom. The molecule has 1 saturated heterocycles. The number of benzene rings is 1. The number of amides is 3. The first-order valence-electron chi connectivity index (χ1n) is 8.42. The Balaban J connectivity index is 1.81. The minimum absolute atomic E-state index is 0.102. The summed E-state index contributed by atoms with van der Waals surface area (Å²) in [4.78, 5) is 37.0. The summed E-state index contributed by atoms with van der Waals surface area (Å²) in [6.45, 7) is 6.22. The third kappa shape index (κ3) is 6.10. The lowest BCUT2D eigenvalue weighted by Crippen LogP contribution is -2.34. The Labute approximate surface area is 147 Å². The largest absolute Gasteiger partial charge is 0.444 e. The van der Waals surface area contributed by atoms with Crippen LogP contribution in [-0.2, 0) is 14.3 Å². The van der Waals surface area contributed by atoms with Gasteiger partial charge in [-0.15, -0.1) is 0 Å². The SMILES string of the molecule is CC(C)(C)OC(=O)NCCC(=O)Nc1cccc(N2CCCC2=O)c1. The molecule has 0 bridgehead atoms. The summed E-state index contributed by atoms with van der Waals surface area (Å²) in [5, 5.41) is 5.32. The van der Waals surface area contributed by atoms with E-state index in [1.807, 2.05) is 6.07 Å². The Morgan fingerprint density at radius 3 is 2.68 bits per heavy atom. The summed E-state index contributed by atoms with van der Waals surface area (Å²) in [7, 11) is 0. The fourth-order valence-electron chi connectivity index (χ4n) is 2.49. The average molecular weight is 347 g/mol. The zero-order valence-corrected chi connectivity index (χ0v) is 14.9. The van der Waals surface area contributed by atoms with E-state index in [0.717, 1.165) is 12.1 Å². The van der Waals surface area contributed by atoms with Crippen molar-refractivity contribution in [2.45, 2.75) is 45.6 Å². The maximum atomic E-state index is 12.0. The summed E-state index contributed by atoms with van der Waals surface area (Å²) >= 11 is 0. The minimum Gasteiger partial charge on any atom is -0.444 e. The Bertz CT molecular complexity index is 652. The average Bonchev–Trinajstić information content (AvgIpc) is 2.91. The highest BCUT2D eigenvalue weighted by Crippen LogP contribution is 2.24. The topological polar surface area (TPSA) is 87.7 Å². The van der Waals surface area contributed by atoms with Gasteiger partial charge in [-0.05, 0) is 45.4 Å². The van der Waals surface area contributed by atoms with E-state index in [1.54, 1.807) is 43.9 Å². The highest BCUT2D eigenvalue weighted by molar-refractivity contribution is 5.97. The summed E-state index contributed by atoms with van der Waals surface area (Å²) < 4.78 is 5.10. The van der Waals surface area contributed by atoms with Crippen molar-refractivity contribution in [3.05, 3.63) is 24.3 Å². The molecule has 2 rings (SSSR count). The lowest BCUT2D eigenvalue weighted by atomic mass is 10.2. The zero-order valence-electron chi connectivity index (χ0n) is 14.9. The van der Waals surface area contributed by atoms with Crippen molar-refractivity contribution in [3.8, 4) is 0 Å². The molecule has 136 valence electrons. The smallest absolute Gasteiger partial charge is 0.407 e. The summed E-state index contributed by atoms with van der Waals surface area (Å²) in [6, 6.07) is 7.20. The van der Waals surface area contributed by atoms with E-state index in [9.17, 15) is 14.4 Å². The van der Waals surface area contributed by atoms with Crippen LogP contribution in [0.15, 0.2) is 24.3 Å². The first-order chi connectivity index (χ1) is 11.7. The molecule has 0 aliphatic carbocycles. The molecule has 3 amide bonds. The van der Waals surface area contributed by atoms with Crippen molar-refractivity contribution in [1.82, 2.24) is 5.32 Å². The molecule has 2 N–H and O–H groups in total. The van der Waals surface area contributed by atoms with Crippen molar-refractivity contribution >= 4 is 29.3 Å². The first-order valence-corrected chi connectivity index (χ1v) is 8.42. The van der Waals surface area contributed by atoms with Crippen LogP contribution in [0.25, 0.3) is 0 Å². The molecule has 1 aliphatic rings.